The second-order valence-electron chi connectivity index (χ2n) is 4.71. The normalized spacial score (nSPS) is 35.6. The van der Waals surface area contributed by atoms with Crippen molar-refractivity contribution in [3.63, 3.8) is 0 Å². The summed E-state index contributed by atoms with van der Waals surface area (Å²) in [5.74, 6) is 1.59. The molecular weight excluding hydrogens is 176 g/mol. The number of rotatable bonds is 3. The van der Waals surface area contributed by atoms with Crippen molar-refractivity contribution in [1.29, 1.82) is 0 Å². The molecule has 0 spiro atoms. The largest absolute Gasteiger partial charge is 0.462 e. The Morgan fingerprint density at radius 1 is 1.29 bits per heavy atom. The second-order valence-corrected chi connectivity index (χ2v) is 4.71. The number of carbonyl (C=O) groups excluding carboxylic acids is 1. The third-order valence-electron chi connectivity index (χ3n) is 3.75. The van der Waals surface area contributed by atoms with Crippen LogP contribution in [0.3, 0.4) is 0 Å². The van der Waals surface area contributed by atoms with Crippen molar-refractivity contribution in [2.24, 2.45) is 11.8 Å². The summed E-state index contributed by atoms with van der Waals surface area (Å²) in [5, 5.41) is 0. The summed E-state index contributed by atoms with van der Waals surface area (Å²) in [6, 6.07) is 0. The van der Waals surface area contributed by atoms with Crippen LogP contribution in [0.2, 0.25) is 0 Å². The number of hydrogen-bond donors (Lipinski definition) is 0. The van der Waals surface area contributed by atoms with Gasteiger partial charge in [0, 0.05) is 6.42 Å². The molecule has 2 heteroatoms. The van der Waals surface area contributed by atoms with Crippen LogP contribution in [0, 0.1) is 11.8 Å². The van der Waals surface area contributed by atoms with E-state index in [2.05, 4.69) is 0 Å². The first kappa shape index (κ1) is 10.0. The zero-order valence-corrected chi connectivity index (χ0v) is 9.00. The van der Waals surface area contributed by atoms with Gasteiger partial charge in [-0.3, -0.25) is 4.79 Å². The molecule has 0 aromatic heterocycles. The Morgan fingerprint density at radius 2 is 2.14 bits per heavy atom. The van der Waals surface area contributed by atoms with E-state index >= 15 is 0 Å². The molecule has 0 N–H and O–H groups in total. The summed E-state index contributed by atoms with van der Waals surface area (Å²) in [5.41, 5.74) is 0. The van der Waals surface area contributed by atoms with Crippen molar-refractivity contribution in [2.45, 2.75) is 58.0 Å². The highest BCUT2D eigenvalue weighted by Crippen LogP contribution is 2.45. The maximum Gasteiger partial charge on any atom is 0.306 e. The summed E-state index contributed by atoms with van der Waals surface area (Å²) in [4.78, 5) is 11.4. The molecule has 2 fully saturated rings. The first-order valence-electron chi connectivity index (χ1n) is 6.00. The van der Waals surface area contributed by atoms with Crippen LogP contribution in [0.4, 0.5) is 0 Å². The highest BCUT2D eigenvalue weighted by atomic mass is 16.5. The minimum atomic E-state index is 0.0186. The van der Waals surface area contributed by atoms with Crippen LogP contribution in [0.25, 0.3) is 0 Å². The predicted molar refractivity (Wildman–Crippen MR) is 54.9 cm³/mol. The van der Waals surface area contributed by atoms with Gasteiger partial charge in [0.05, 0.1) is 0 Å². The fourth-order valence-electron chi connectivity index (χ4n) is 3.08. The Bertz CT molecular complexity index is 212. The lowest BCUT2D eigenvalue weighted by molar-refractivity contribution is -0.151. The van der Waals surface area contributed by atoms with Crippen LogP contribution in [0.5, 0.6) is 0 Å². The Labute approximate surface area is 86.0 Å². The Morgan fingerprint density at radius 3 is 2.93 bits per heavy atom. The maximum atomic E-state index is 11.4. The SMILES string of the molecule is CCCC(=O)OC1CCC2CCCC21. The van der Waals surface area contributed by atoms with Gasteiger partial charge in [-0.05, 0) is 37.5 Å². The molecule has 0 aromatic carbocycles. The van der Waals surface area contributed by atoms with Gasteiger partial charge in [-0.1, -0.05) is 19.8 Å². The van der Waals surface area contributed by atoms with Gasteiger partial charge in [0.25, 0.3) is 0 Å². The summed E-state index contributed by atoms with van der Waals surface area (Å²) >= 11 is 0. The van der Waals surface area contributed by atoms with E-state index in [0.29, 0.717) is 12.3 Å². The van der Waals surface area contributed by atoms with Gasteiger partial charge in [0.15, 0.2) is 0 Å². The zero-order valence-electron chi connectivity index (χ0n) is 9.00. The minimum Gasteiger partial charge on any atom is -0.462 e. The second kappa shape index (κ2) is 4.33. The molecule has 3 atom stereocenters. The molecule has 2 aliphatic rings. The maximum absolute atomic E-state index is 11.4. The van der Waals surface area contributed by atoms with Crippen molar-refractivity contribution in [3.8, 4) is 0 Å². The molecule has 0 heterocycles. The van der Waals surface area contributed by atoms with E-state index < -0.39 is 0 Å². The molecule has 0 aromatic rings. The first-order chi connectivity index (χ1) is 6.81. The van der Waals surface area contributed by atoms with Crippen molar-refractivity contribution in [2.75, 3.05) is 0 Å². The topological polar surface area (TPSA) is 26.3 Å². The molecule has 0 saturated heterocycles. The molecule has 0 bridgehead atoms. The molecule has 14 heavy (non-hydrogen) atoms. The molecule has 2 aliphatic carbocycles. The van der Waals surface area contributed by atoms with Gasteiger partial charge < -0.3 is 4.74 Å². The van der Waals surface area contributed by atoms with E-state index in [4.69, 9.17) is 4.74 Å². The van der Waals surface area contributed by atoms with Crippen molar-refractivity contribution in [3.05, 3.63) is 0 Å². The predicted octanol–water partition coefficient (Wildman–Crippen LogP) is 2.91. The van der Waals surface area contributed by atoms with Crippen LogP contribution in [-0.4, -0.2) is 12.1 Å². The van der Waals surface area contributed by atoms with Crippen LogP contribution in [0.15, 0.2) is 0 Å². The molecule has 0 aliphatic heterocycles. The molecule has 3 unspecified atom stereocenters. The molecule has 80 valence electrons. The molecule has 0 radical (unpaired) electrons. The van der Waals surface area contributed by atoms with E-state index in [0.717, 1.165) is 18.8 Å². The molecule has 2 saturated carbocycles. The molecule has 0 amide bonds. The van der Waals surface area contributed by atoms with Crippen molar-refractivity contribution < 1.29 is 9.53 Å². The van der Waals surface area contributed by atoms with Gasteiger partial charge in [-0.25, -0.2) is 0 Å². The first-order valence-corrected chi connectivity index (χ1v) is 6.00. The van der Waals surface area contributed by atoms with E-state index in [1.165, 1.54) is 25.7 Å². The number of esters is 1. The van der Waals surface area contributed by atoms with Crippen LogP contribution < -0.4 is 0 Å². The van der Waals surface area contributed by atoms with E-state index in [1.54, 1.807) is 0 Å². The average molecular weight is 196 g/mol. The summed E-state index contributed by atoms with van der Waals surface area (Å²) in [7, 11) is 0. The number of carbonyl (C=O) groups is 1. The Kier molecular flexibility index (Phi) is 3.09. The highest BCUT2D eigenvalue weighted by molar-refractivity contribution is 5.69. The zero-order chi connectivity index (χ0) is 9.97. The average Bonchev–Trinajstić information content (AvgIpc) is 2.70. The number of ether oxygens (including phenoxy) is 1. The fraction of sp³-hybridized carbons (Fsp3) is 0.917. The lowest BCUT2D eigenvalue weighted by Crippen LogP contribution is -2.22. The standard InChI is InChI=1S/C12H20O2/c1-2-4-12(13)14-11-8-7-9-5-3-6-10(9)11/h9-11H,2-8H2,1H3. The van der Waals surface area contributed by atoms with Crippen molar-refractivity contribution in [1.82, 2.24) is 0 Å². The quantitative estimate of drug-likeness (QED) is 0.649. The Hall–Kier alpha value is -0.530. The third-order valence-corrected chi connectivity index (χ3v) is 3.75. The van der Waals surface area contributed by atoms with Crippen LogP contribution in [-0.2, 0) is 9.53 Å². The number of hydrogen-bond acceptors (Lipinski definition) is 2. The van der Waals surface area contributed by atoms with Gasteiger partial charge in [-0.2, -0.15) is 0 Å². The lowest BCUT2D eigenvalue weighted by atomic mass is 9.99. The van der Waals surface area contributed by atoms with Gasteiger partial charge in [-0.15, -0.1) is 0 Å². The van der Waals surface area contributed by atoms with E-state index in [-0.39, 0.29) is 12.1 Å². The fourth-order valence-corrected chi connectivity index (χ4v) is 3.08. The smallest absolute Gasteiger partial charge is 0.306 e. The lowest BCUT2D eigenvalue weighted by Gasteiger charge is -2.18. The summed E-state index contributed by atoms with van der Waals surface area (Å²) in [6.07, 6.45) is 8.16. The third kappa shape index (κ3) is 1.94. The minimum absolute atomic E-state index is 0.0186. The number of fused-ring (bicyclic) bond motifs is 1. The Balaban J connectivity index is 1.83. The molecule has 2 nitrogen and oxygen atoms in total. The monoisotopic (exact) mass is 196 g/mol. The van der Waals surface area contributed by atoms with Gasteiger partial charge in [0.2, 0.25) is 0 Å². The van der Waals surface area contributed by atoms with Crippen LogP contribution >= 0.6 is 0 Å². The summed E-state index contributed by atoms with van der Waals surface area (Å²) < 4.78 is 5.53. The van der Waals surface area contributed by atoms with Crippen molar-refractivity contribution >= 4 is 5.97 Å². The highest BCUT2D eigenvalue weighted by Gasteiger charge is 2.40. The van der Waals surface area contributed by atoms with Crippen LogP contribution in [0.1, 0.15) is 51.9 Å². The van der Waals surface area contributed by atoms with E-state index in [9.17, 15) is 4.79 Å². The molecular formula is C12H20O2. The van der Waals surface area contributed by atoms with Gasteiger partial charge in [0.1, 0.15) is 6.10 Å². The van der Waals surface area contributed by atoms with Gasteiger partial charge >= 0.3 is 5.97 Å². The summed E-state index contributed by atoms with van der Waals surface area (Å²) in [6.45, 7) is 2.02. The molecule has 2 rings (SSSR count). The van der Waals surface area contributed by atoms with E-state index in [1.807, 2.05) is 6.92 Å².